The lowest BCUT2D eigenvalue weighted by Crippen LogP contribution is -2.39. The van der Waals surface area contributed by atoms with Gasteiger partial charge >= 0.3 is 11.9 Å². The van der Waals surface area contributed by atoms with Crippen LogP contribution in [0, 0.1) is 20.8 Å². The molecule has 1 aromatic carbocycles. The highest BCUT2D eigenvalue weighted by molar-refractivity contribution is 5.73. The molecule has 5 nitrogen and oxygen atoms in total. The molecule has 2 rings (SSSR count). The summed E-state index contributed by atoms with van der Waals surface area (Å²) in [5, 5.41) is 0. The first kappa shape index (κ1) is 18.3. The van der Waals surface area contributed by atoms with Crippen LogP contribution in [-0.4, -0.2) is 24.1 Å². The molecule has 1 aromatic rings. The molecule has 1 aliphatic rings. The maximum absolute atomic E-state index is 11.9. The Bertz CT molecular complexity index is 677. The van der Waals surface area contributed by atoms with Gasteiger partial charge in [0.2, 0.25) is 0 Å². The van der Waals surface area contributed by atoms with E-state index in [-0.39, 0.29) is 18.4 Å². The zero-order valence-electron chi connectivity index (χ0n) is 15.4. The van der Waals surface area contributed by atoms with E-state index in [9.17, 15) is 9.59 Å². The highest BCUT2D eigenvalue weighted by atomic mass is 16.5. The first-order chi connectivity index (χ1) is 11.2. The number of rotatable bonds is 4. The number of fused-ring (bicyclic) bond motifs is 1. The van der Waals surface area contributed by atoms with E-state index in [0.717, 1.165) is 34.4 Å². The van der Waals surface area contributed by atoms with Crippen LogP contribution in [-0.2, 0) is 20.7 Å². The molecule has 5 heteroatoms. The SMILES string of the molecule is CCOC(=O)C[C@]1(C)CCc2c(C)c(OC(C)=O)c(C)c(C)c2O1. The molecular formula is C19H26O5. The van der Waals surface area contributed by atoms with Crippen LogP contribution >= 0.6 is 0 Å². The van der Waals surface area contributed by atoms with Gasteiger partial charge in [0, 0.05) is 12.5 Å². The molecule has 0 amide bonds. The minimum atomic E-state index is -0.578. The van der Waals surface area contributed by atoms with Crippen LogP contribution in [0.4, 0.5) is 0 Å². The van der Waals surface area contributed by atoms with Crippen molar-refractivity contribution in [2.75, 3.05) is 6.61 Å². The number of ether oxygens (including phenoxy) is 3. The fourth-order valence-corrected chi connectivity index (χ4v) is 3.22. The molecule has 0 unspecified atom stereocenters. The fourth-order valence-electron chi connectivity index (χ4n) is 3.22. The van der Waals surface area contributed by atoms with Crippen molar-refractivity contribution in [3.05, 3.63) is 22.3 Å². The molecule has 1 atom stereocenters. The molecule has 0 fully saturated rings. The molecule has 0 spiro atoms. The number of esters is 2. The molecule has 0 saturated heterocycles. The second kappa shape index (κ2) is 6.83. The van der Waals surface area contributed by atoms with Crippen LogP contribution in [0.2, 0.25) is 0 Å². The highest BCUT2D eigenvalue weighted by Crippen LogP contribution is 2.44. The largest absolute Gasteiger partial charge is 0.486 e. The van der Waals surface area contributed by atoms with Gasteiger partial charge in [0.1, 0.15) is 17.1 Å². The van der Waals surface area contributed by atoms with Gasteiger partial charge in [-0.2, -0.15) is 0 Å². The third-order valence-corrected chi connectivity index (χ3v) is 4.63. The predicted octanol–water partition coefficient (Wildman–Crippen LogP) is 3.57. The van der Waals surface area contributed by atoms with Crippen molar-refractivity contribution in [1.82, 2.24) is 0 Å². The average molecular weight is 334 g/mol. The van der Waals surface area contributed by atoms with E-state index in [2.05, 4.69) is 0 Å². The summed E-state index contributed by atoms with van der Waals surface area (Å²) in [4.78, 5) is 23.2. The second-order valence-corrected chi connectivity index (χ2v) is 6.64. The van der Waals surface area contributed by atoms with Crippen LogP contribution in [0.5, 0.6) is 11.5 Å². The van der Waals surface area contributed by atoms with E-state index in [1.165, 1.54) is 6.92 Å². The van der Waals surface area contributed by atoms with Crippen molar-refractivity contribution >= 4 is 11.9 Å². The molecule has 1 aliphatic heterocycles. The molecular weight excluding hydrogens is 308 g/mol. The van der Waals surface area contributed by atoms with Crippen molar-refractivity contribution in [3.63, 3.8) is 0 Å². The Kier molecular flexibility index (Phi) is 5.21. The molecule has 1 heterocycles. The molecule has 0 aliphatic carbocycles. The normalized spacial score (nSPS) is 19.2. The Balaban J connectivity index is 2.38. The standard InChI is InChI=1S/C19H26O5/c1-7-22-16(21)10-19(6)9-8-15-13(4)17(23-14(5)20)11(2)12(3)18(15)24-19/h7-10H2,1-6H3/t19-/m0/s1. The Morgan fingerprint density at radius 3 is 2.42 bits per heavy atom. The average Bonchev–Trinajstić information content (AvgIpc) is 2.49. The lowest BCUT2D eigenvalue weighted by Gasteiger charge is -2.37. The van der Waals surface area contributed by atoms with Crippen LogP contribution in [0.25, 0.3) is 0 Å². The van der Waals surface area contributed by atoms with Crippen LogP contribution in [0.15, 0.2) is 0 Å². The number of hydrogen-bond acceptors (Lipinski definition) is 5. The Morgan fingerprint density at radius 2 is 1.83 bits per heavy atom. The van der Waals surface area contributed by atoms with E-state index >= 15 is 0 Å². The Morgan fingerprint density at radius 1 is 1.17 bits per heavy atom. The first-order valence-electron chi connectivity index (χ1n) is 8.34. The van der Waals surface area contributed by atoms with Gasteiger partial charge in [0.05, 0.1) is 13.0 Å². The molecule has 132 valence electrons. The minimum Gasteiger partial charge on any atom is -0.486 e. The summed E-state index contributed by atoms with van der Waals surface area (Å²) in [7, 11) is 0. The van der Waals surface area contributed by atoms with Crippen LogP contribution in [0.1, 0.15) is 55.9 Å². The Hall–Kier alpha value is -2.04. The van der Waals surface area contributed by atoms with Gasteiger partial charge in [-0.25, -0.2) is 0 Å². The number of carbonyl (C=O) groups is 2. The Labute approximate surface area is 143 Å². The van der Waals surface area contributed by atoms with Crippen molar-refractivity contribution < 1.29 is 23.8 Å². The summed E-state index contributed by atoms with van der Waals surface area (Å²) in [6, 6.07) is 0. The van der Waals surface area contributed by atoms with Gasteiger partial charge in [-0.15, -0.1) is 0 Å². The molecule has 24 heavy (non-hydrogen) atoms. The predicted molar refractivity (Wildman–Crippen MR) is 90.6 cm³/mol. The number of carbonyl (C=O) groups excluding carboxylic acids is 2. The van der Waals surface area contributed by atoms with E-state index in [0.29, 0.717) is 18.8 Å². The molecule has 0 saturated carbocycles. The third-order valence-electron chi connectivity index (χ3n) is 4.63. The third kappa shape index (κ3) is 3.55. The van der Waals surface area contributed by atoms with Gasteiger partial charge in [-0.05, 0) is 64.2 Å². The monoisotopic (exact) mass is 334 g/mol. The van der Waals surface area contributed by atoms with Crippen molar-refractivity contribution in [1.29, 1.82) is 0 Å². The van der Waals surface area contributed by atoms with Gasteiger partial charge < -0.3 is 14.2 Å². The number of hydrogen-bond donors (Lipinski definition) is 0. The first-order valence-corrected chi connectivity index (χ1v) is 8.34. The van der Waals surface area contributed by atoms with Gasteiger partial charge in [0.15, 0.2) is 0 Å². The lowest BCUT2D eigenvalue weighted by atomic mass is 9.85. The quantitative estimate of drug-likeness (QED) is 0.622. The molecule has 0 aromatic heterocycles. The maximum Gasteiger partial charge on any atom is 0.309 e. The van der Waals surface area contributed by atoms with Crippen molar-refractivity contribution in [2.24, 2.45) is 0 Å². The van der Waals surface area contributed by atoms with Crippen LogP contribution in [0.3, 0.4) is 0 Å². The summed E-state index contributed by atoms with van der Waals surface area (Å²) in [5.74, 6) is 0.853. The van der Waals surface area contributed by atoms with Crippen molar-refractivity contribution in [2.45, 2.75) is 66.4 Å². The van der Waals surface area contributed by atoms with E-state index in [1.807, 2.05) is 27.7 Å². The van der Waals surface area contributed by atoms with E-state index in [4.69, 9.17) is 14.2 Å². The summed E-state index contributed by atoms with van der Waals surface area (Å²) in [6.45, 7) is 11.3. The molecule has 0 bridgehead atoms. The van der Waals surface area contributed by atoms with Crippen molar-refractivity contribution in [3.8, 4) is 11.5 Å². The fraction of sp³-hybridized carbons (Fsp3) is 0.579. The minimum absolute atomic E-state index is 0.226. The second-order valence-electron chi connectivity index (χ2n) is 6.64. The molecule has 0 radical (unpaired) electrons. The van der Waals surface area contributed by atoms with E-state index < -0.39 is 5.60 Å². The smallest absolute Gasteiger partial charge is 0.309 e. The lowest BCUT2D eigenvalue weighted by molar-refractivity contribution is -0.147. The summed E-state index contributed by atoms with van der Waals surface area (Å²) >= 11 is 0. The van der Waals surface area contributed by atoms with Gasteiger partial charge in [-0.1, -0.05) is 0 Å². The topological polar surface area (TPSA) is 61.8 Å². The number of benzene rings is 1. The maximum atomic E-state index is 11.9. The van der Waals surface area contributed by atoms with Crippen LogP contribution < -0.4 is 9.47 Å². The molecule has 0 N–H and O–H groups in total. The van der Waals surface area contributed by atoms with Gasteiger partial charge in [0.25, 0.3) is 0 Å². The summed E-state index contributed by atoms with van der Waals surface area (Å²) in [6.07, 6.45) is 1.71. The zero-order chi connectivity index (χ0) is 18.1. The van der Waals surface area contributed by atoms with Gasteiger partial charge in [-0.3, -0.25) is 9.59 Å². The summed E-state index contributed by atoms with van der Waals surface area (Å²) < 4.78 is 16.7. The summed E-state index contributed by atoms with van der Waals surface area (Å²) in [5.41, 5.74) is 3.24. The highest BCUT2D eigenvalue weighted by Gasteiger charge is 2.37. The van der Waals surface area contributed by atoms with E-state index in [1.54, 1.807) is 6.92 Å². The zero-order valence-corrected chi connectivity index (χ0v) is 15.4.